The van der Waals surface area contributed by atoms with E-state index in [1.54, 1.807) is 18.4 Å². The summed E-state index contributed by atoms with van der Waals surface area (Å²) in [7, 11) is 3.73. The van der Waals surface area contributed by atoms with Crippen LogP contribution in [0.2, 0.25) is 0 Å². The molecule has 0 radical (unpaired) electrons. The van der Waals surface area contributed by atoms with E-state index < -0.39 is 0 Å². The number of thiazole rings is 1. The van der Waals surface area contributed by atoms with Crippen molar-refractivity contribution >= 4 is 11.3 Å². The molecular formula is C17H19N5O2S. The van der Waals surface area contributed by atoms with Gasteiger partial charge in [0.15, 0.2) is 5.82 Å². The highest BCUT2D eigenvalue weighted by atomic mass is 32.1. The molecule has 1 unspecified atom stereocenters. The van der Waals surface area contributed by atoms with E-state index in [4.69, 9.17) is 9.26 Å². The number of likely N-dealkylation sites (N-methyl/N-ethyl adjacent to an activating group) is 1. The van der Waals surface area contributed by atoms with Crippen LogP contribution in [-0.2, 0) is 0 Å². The molecule has 1 fully saturated rings. The van der Waals surface area contributed by atoms with E-state index in [1.165, 1.54) is 0 Å². The van der Waals surface area contributed by atoms with Gasteiger partial charge < -0.3 is 14.6 Å². The Morgan fingerprint density at radius 1 is 1.28 bits per heavy atom. The quantitative estimate of drug-likeness (QED) is 0.768. The van der Waals surface area contributed by atoms with E-state index >= 15 is 0 Å². The van der Waals surface area contributed by atoms with Gasteiger partial charge in [-0.3, -0.25) is 4.90 Å². The minimum atomic E-state index is 0.131. The summed E-state index contributed by atoms with van der Waals surface area (Å²) in [5.41, 5.74) is 1.74. The third-order valence-electron chi connectivity index (χ3n) is 4.31. The number of nitrogens with zero attached hydrogens (tertiary/aromatic N) is 4. The first kappa shape index (κ1) is 16.2. The summed E-state index contributed by atoms with van der Waals surface area (Å²) in [5.74, 6) is 1.99. The average Bonchev–Trinajstić information content (AvgIpc) is 3.32. The molecule has 1 aromatic carbocycles. The lowest BCUT2D eigenvalue weighted by molar-refractivity contribution is 0.190. The molecule has 0 spiro atoms. The zero-order chi connectivity index (χ0) is 17.2. The summed E-state index contributed by atoms with van der Waals surface area (Å²) in [6.45, 7) is 2.77. The SMILES string of the molecule is COc1ccc(-c2nc(-c3nc(C4CNCCN4C)no3)cs2)cc1. The van der Waals surface area contributed by atoms with Crippen LogP contribution in [0.5, 0.6) is 5.75 Å². The van der Waals surface area contributed by atoms with Crippen molar-refractivity contribution in [2.45, 2.75) is 6.04 Å². The van der Waals surface area contributed by atoms with Gasteiger partial charge in [-0.1, -0.05) is 5.16 Å². The van der Waals surface area contributed by atoms with Crippen molar-refractivity contribution in [3.63, 3.8) is 0 Å². The van der Waals surface area contributed by atoms with Crippen LogP contribution < -0.4 is 10.1 Å². The van der Waals surface area contributed by atoms with Crippen LogP contribution in [0.15, 0.2) is 34.2 Å². The summed E-state index contributed by atoms with van der Waals surface area (Å²) in [4.78, 5) is 11.4. The first-order chi connectivity index (χ1) is 12.2. The van der Waals surface area contributed by atoms with Crippen molar-refractivity contribution in [3.8, 4) is 27.9 Å². The minimum Gasteiger partial charge on any atom is -0.497 e. The number of piperazine rings is 1. The molecular weight excluding hydrogens is 338 g/mol. The molecule has 7 nitrogen and oxygen atoms in total. The molecule has 0 bridgehead atoms. The summed E-state index contributed by atoms with van der Waals surface area (Å²) < 4.78 is 10.6. The van der Waals surface area contributed by atoms with E-state index in [9.17, 15) is 0 Å². The Hall–Kier alpha value is -2.29. The second-order valence-corrected chi connectivity index (χ2v) is 6.78. The number of methoxy groups -OCH3 is 1. The smallest absolute Gasteiger partial charge is 0.277 e. The topological polar surface area (TPSA) is 76.3 Å². The second-order valence-electron chi connectivity index (χ2n) is 5.92. The van der Waals surface area contributed by atoms with Crippen molar-refractivity contribution in [2.24, 2.45) is 0 Å². The molecule has 130 valence electrons. The minimum absolute atomic E-state index is 0.131. The lowest BCUT2D eigenvalue weighted by Crippen LogP contribution is -2.44. The normalized spacial score (nSPS) is 18.4. The number of benzene rings is 1. The Bertz CT molecular complexity index is 845. The summed E-state index contributed by atoms with van der Waals surface area (Å²) in [5, 5.41) is 10.4. The molecule has 0 amide bonds. The molecule has 25 heavy (non-hydrogen) atoms. The molecule has 1 saturated heterocycles. The van der Waals surface area contributed by atoms with E-state index in [-0.39, 0.29) is 6.04 Å². The zero-order valence-corrected chi connectivity index (χ0v) is 14.9. The molecule has 8 heteroatoms. The van der Waals surface area contributed by atoms with E-state index in [1.807, 2.05) is 29.6 Å². The number of rotatable bonds is 4. The van der Waals surface area contributed by atoms with Gasteiger partial charge in [0.25, 0.3) is 5.89 Å². The van der Waals surface area contributed by atoms with Crippen LogP contribution in [0.3, 0.4) is 0 Å². The fourth-order valence-electron chi connectivity index (χ4n) is 2.81. The highest BCUT2D eigenvalue weighted by molar-refractivity contribution is 7.13. The predicted octanol–water partition coefficient (Wildman–Crippen LogP) is 2.44. The van der Waals surface area contributed by atoms with Crippen LogP contribution >= 0.6 is 11.3 Å². The Kier molecular flexibility index (Phi) is 4.48. The molecule has 1 atom stereocenters. The molecule has 3 aromatic rings. The third kappa shape index (κ3) is 3.28. The van der Waals surface area contributed by atoms with Gasteiger partial charge in [0, 0.05) is 30.6 Å². The van der Waals surface area contributed by atoms with E-state index in [2.05, 4.69) is 32.4 Å². The zero-order valence-electron chi connectivity index (χ0n) is 14.1. The van der Waals surface area contributed by atoms with E-state index in [0.29, 0.717) is 17.4 Å². The molecule has 2 aromatic heterocycles. The maximum atomic E-state index is 5.45. The van der Waals surface area contributed by atoms with Gasteiger partial charge in [-0.25, -0.2) is 4.98 Å². The first-order valence-corrected chi connectivity index (χ1v) is 8.97. The number of aromatic nitrogens is 3. The second kappa shape index (κ2) is 6.91. The van der Waals surface area contributed by atoms with Crippen LogP contribution in [0.1, 0.15) is 11.9 Å². The van der Waals surface area contributed by atoms with E-state index in [0.717, 1.165) is 36.0 Å². The highest BCUT2D eigenvalue weighted by Crippen LogP contribution is 2.30. The van der Waals surface area contributed by atoms with Crippen molar-refractivity contribution in [1.29, 1.82) is 0 Å². The largest absolute Gasteiger partial charge is 0.497 e. The molecule has 4 rings (SSSR count). The summed E-state index contributed by atoms with van der Waals surface area (Å²) in [6, 6.07) is 7.96. The highest BCUT2D eigenvalue weighted by Gasteiger charge is 2.26. The summed E-state index contributed by atoms with van der Waals surface area (Å²) >= 11 is 1.55. The fourth-order valence-corrected chi connectivity index (χ4v) is 3.61. The van der Waals surface area contributed by atoms with Crippen LogP contribution in [0, 0.1) is 0 Å². The number of hydrogen-bond acceptors (Lipinski definition) is 8. The molecule has 1 aliphatic rings. The standard InChI is InChI=1S/C17H19N5O2S/c1-22-8-7-18-9-14(22)15-20-16(24-21-15)13-10-25-17(19-13)11-3-5-12(23-2)6-4-11/h3-6,10,14,18H,7-9H2,1-2H3. The Morgan fingerprint density at radius 2 is 2.12 bits per heavy atom. The van der Waals surface area contributed by atoms with Crippen LogP contribution in [-0.4, -0.2) is 53.8 Å². The summed E-state index contributed by atoms with van der Waals surface area (Å²) in [6.07, 6.45) is 0. The van der Waals surface area contributed by atoms with Gasteiger partial charge in [0.05, 0.1) is 13.2 Å². The van der Waals surface area contributed by atoms with Crippen molar-refractivity contribution in [2.75, 3.05) is 33.8 Å². The van der Waals surface area contributed by atoms with Gasteiger partial charge in [0.1, 0.15) is 16.5 Å². The van der Waals surface area contributed by atoms with Crippen LogP contribution in [0.25, 0.3) is 22.2 Å². The predicted molar refractivity (Wildman–Crippen MR) is 95.6 cm³/mol. The van der Waals surface area contributed by atoms with Gasteiger partial charge in [-0.05, 0) is 31.3 Å². The molecule has 1 aliphatic heterocycles. The van der Waals surface area contributed by atoms with Gasteiger partial charge in [-0.2, -0.15) is 4.98 Å². The van der Waals surface area contributed by atoms with Crippen molar-refractivity contribution < 1.29 is 9.26 Å². The third-order valence-corrected chi connectivity index (χ3v) is 5.20. The lowest BCUT2D eigenvalue weighted by atomic mass is 10.2. The fraction of sp³-hybridized carbons (Fsp3) is 0.353. The monoisotopic (exact) mass is 357 g/mol. The van der Waals surface area contributed by atoms with Crippen LogP contribution in [0.4, 0.5) is 0 Å². The van der Waals surface area contributed by atoms with Gasteiger partial charge in [0.2, 0.25) is 0 Å². The number of ether oxygens (including phenoxy) is 1. The molecule has 0 aliphatic carbocycles. The maximum absolute atomic E-state index is 5.45. The Labute approximate surface area is 149 Å². The van der Waals surface area contributed by atoms with Crippen molar-refractivity contribution in [1.82, 2.24) is 25.3 Å². The molecule has 3 heterocycles. The first-order valence-electron chi connectivity index (χ1n) is 8.09. The van der Waals surface area contributed by atoms with Crippen molar-refractivity contribution in [3.05, 3.63) is 35.5 Å². The lowest BCUT2D eigenvalue weighted by Gasteiger charge is -2.30. The molecule has 0 saturated carbocycles. The maximum Gasteiger partial charge on any atom is 0.277 e. The Morgan fingerprint density at radius 3 is 2.88 bits per heavy atom. The number of nitrogens with one attached hydrogen (secondary N) is 1. The van der Waals surface area contributed by atoms with Gasteiger partial charge >= 0.3 is 0 Å². The Balaban J connectivity index is 1.55. The van der Waals surface area contributed by atoms with Gasteiger partial charge in [-0.15, -0.1) is 11.3 Å². The average molecular weight is 357 g/mol. The molecule has 1 N–H and O–H groups in total. The number of hydrogen-bond donors (Lipinski definition) is 1.